The van der Waals surface area contributed by atoms with E-state index in [4.69, 9.17) is 0 Å². The minimum atomic E-state index is -5.07. The van der Waals surface area contributed by atoms with Crippen LogP contribution in [0, 0.1) is 0 Å². The van der Waals surface area contributed by atoms with Gasteiger partial charge in [0.1, 0.15) is 0 Å². The van der Waals surface area contributed by atoms with E-state index < -0.39 is 35.0 Å². The monoisotopic (exact) mass is 481 g/mol. The number of alkyl halides is 6. The van der Waals surface area contributed by atoms with Crippen molar-refractivity contribution in [3.8, 4) is 0 Å². The molecule has 2 heterocycles. The number of carbonyl (C=O) groups is 1. The van der Waals surface area contributed by atoms with Crippen LogP contribution in [0.15, 0.2) is 66.9 Å². The van der Waals surface area contributed by atoms with E-state index in [1.807, 2.05) is 0 Å². The first-order valence-electron chi connectivity index (χ1n) is 9.39. The summed E-state index contributed by atoms with van der Waals surface area (Å²) in [6.07, 6.45) is -8.68. The molecule has 0 N–H and O–H groups in total. The molecule has 0 aliphatic carbocycles. The summed E-state index contributed by atoms with van der Waals surface area (Å²) in [5, 5.41) is 0.123. The number of hydrogen-bond acceptors (Lipinski definition) is 4. The number of carbonyl (C=O) groups excluding carboxylic acids is 1. The van der Waals surface area contributed by atoms with Gasteiger partial charge in [0, 0.05) is 11.8 Å². The second-order valence-corrected chi connectivity index (χ2v) is 7.98. The van der Waals surface area contributed by atoms with Gasteiger partial charge in [-0.2, -0.15) is 26.3 Å². The van der Waals surface area contributed by atoms with Crippen LogP contribution in [0.1, 0.15) is 27.2 Å². The third kappa shape index (κ3) is 4.98. The summed E-state index contributed by atoms with van der Waals surface area (Å²) >= 11 is 1.09. The third-order valence-corrected chi connectivity index (χ3v) is 5.70. The molecule has 1 amide bonds. The van der Waals surface area contributed by atoms with Crippen molar-refractivity contribution in [2.45, 2.75) is 18.9 Å². The number of rotatable bonds is 4. The van der Waals surface area contributed by atoms with Crippen molar-refractivity contribution in [1.29, 1.82) is 0 Å². The Morgan fingerprint density at radius 2 is 1.52 bits per heavy atom. The van der Waals surface area contributed by atoms with Crippen LogP contribution in [0.2, 0.25) is 0 Å². The predicted molar refractivity (Wildman–Crippen MR) is 111 cm³/mol. The zero-order valence-electron chi connectivity index (χ0n) is 16.5. The number of halogens is 6. The maximum atomic E-state index is 13.3. The molecule has 0 aliphatic rings. The van der Waals surface area contributed by atoms with Gasteiger partial charge < -0.3 is 0 Å². The van der Waals surface area contributed by atoms with E-state index in [1.165, 1.54) is 6.20 Å². The number of nitrogens with zero attached hydrogens (tertiary/aromatic N) is 3. The molecular weight excluding hydrogens is 468 g/mol. The smallest absolute Gasteiger partial charge is 0.278 e. The first kappa shape index (κ1) is 22.7. The SMILES string of the molecule is O=C(c1cc(C(F)(F)F)cc(C(F)(F)F)c1)N(Cc1ccccn1)c1nc2ccccc2s1. The Balaban J connectivity index is 1.84. The van der Waals surface area contributed by atoms with Crippen molar-refractivity contribution in [1.82, 2.24) is 9.97 Å². The fraction of sp³-hybridized carbons (Fsp3) is 0.136. The summed E-state index contributed by atoms with van der Waals surface area (Å²) in [6, 6.07) is 12.6. The van der Waals surface area contributed by atoms with Crippen molar-refractivity contribution in [2.75, 3.05) is 4.90 Å². The molecule has 0 unspecified atom stereocenters. The van der Waals surface area contributed by atoms with Gasteiger partial charge in [0.2, 0.25) is 0 Å². The molecule has 0 atom stereocenters. The Labute approximate surface area is 187 Å². The first-order chi connectivity index (χ1) is 15.5. The lowest BCUT2D eigenvalue weighted by Crippen LogP contribution is -2.31. The first-order valence-corrected chi connectivity index (χ1v) is 10.2. The highest BCUT2D eigenvalue weighted by Crippen LogP contribution is 2.37. The van der Waals surface area contributed by atoms with E-state index in [1.54, 1.807) is 42.5 Å². The van der Waals surface area contributed by atoms with Gasteiger partial charge >= 0.3 is 12.4 Å². The summed E-state index contributed by atoms with van der Waals surface area (Å²) in [5.74, 6) is -1.06. The largest absolute Gasteiger partial charge is 0.416 e. The molecule has 0 aliphatic heterocycles. The normalized spacial score (nSPS) is 12.2. The summed E-state index contributed by atoms with van der Waals surface area (Å²) < 4.78 is 80.5. The number of fused-ring (bicyclic) bond motifs is 1. The topological polar surface area (TPSA) is 46.1 Å². The van der Waals surface area contributed by atoms with Crippen LogP contribution in [0.25, 0.3) is 10.2 Å². The van der Waals surface area contributed by atoms with Crippen LogP contribution in [0.3, 0.4) is 0 Å². The average Bonchev–Trinajstić information content (AvgIpc) is 3.20. The van der Waals surface area contributed by atoms with Gasteiger partial charge in [-0.1, -0.05) is 29.5 Å². The van der Waals surface area contributed by atoms with Crippen LogP contribution in [0.5, 0.6) is 0 Å². The zero-order chi connectivity index (χ0) is 23.8. The number of thiazole rings is 1. The highest BCUT2D eigenvalue weighted by atomic mass is 32.1. The maximum Gasteiger partial charge on any atom is 0.416 e. The lowest BCUT2D eigenvalue weighted by molar-refractivity contribution is -0.143. The van der Waals surface area contributed by atoms with E-state index >= 15 is 0 Å². The Morgan fingerprint density at radius 3 is 2.09 bits per heavy atom. The Hall–Kier alpha value is -3.47. The number of benzene rings is 2. The van der Waals surface area contributed by atoms with Crippen LogP contribution in [0.4, 0.5) is 31.5 Å². The van der Waals surface area contributed by atoms with Crippen LogP contribution in [-0.4, -0.2) is 15.9 Å². The number of para-hydroxylation sites is 1. The number of aromatic nitrogens is 2. The molecule has 4 nitrogen and oxygen atoms in total. The predicted octanol–water partition coefficient (Wildman–Crippen LogP) is 6.58. The van der Waals surface area contributed by atoms with Crippen molar-refractivity contribution in [3.05, 3.63) is 89.2 Å². The van der Waals surface area contributed by atoms with E-state index in [9.17, 15) is 31.1 Å². The van der Waals surface area contributed by atoms with Crippen LogP contribution in [-0.2, 0) is 18.9 Å². The minimum absolute atomic E-state index is 0.0163. The molecule has 0 saturated heterocycles. The molecular formula is C22H13F6N3OS. The van der Waals surface area contributed by atoms with Crippen molar-refractivity contribution in [3.63, 3.8) is 0 Å². The van der Waals surface area contributed by atoms with Gasteiger partial charge in [0.15, 0.2) is 5.13 Å². The van der Waals surface area contributed by atoms with E-state index in [0.717, 1.165) is 16.2 Å². The fourth-order valence-corrected chi connectivity index (χ4v) is 4.05. The highest BCUT2D eigenvalue weighted by molar-refractivity contribution is 7.22. The molecule has 170 valence electrons. The summed E-state index contributed by atoms with van der Waals surface area (Å²) in [7, 11) is 0. The Kier molecular flexibility index (Phi) is 5.83. The van der Waals surface area contributed by atoms with Gasteiger partial charge in [-0.3, -0.25) is 14.7 Å². The molecule has 4 aromatic rings. The number of anilines is 1. The standard InChI is InChI=1S/C22H13F6N3OS/c23-21(24,25)14-9-13(10-15(11-14)22(26,27)28)19(32)31(12-16-5-3-4-8-29-16)20-30-17-6-1-2-7-18(17)33-20/h1-11H,12H2. The highest BCUT2D eigenvalue weighted by Gasteiger charge is 2.38. The molecule has 4 rings (SSSR count). The van der Waals surface area contributed by atoms with Crippen LogP contribution < -0.4 is 4.90 Å². The van der Waals surface area contributed by atoms with E-state index in [0.29, 0.717) is 28.0 Å². The maximum absolute atomic E-state index is 13.3. The van der Waals surface area contributed by atoms with E-state index in [-0.39, 0.29) is 17.7 Å². The molecule has 0 spiro atoms. The summed E-state index contributed by atoms with van der Waals surface area (Å²) in [4.78, 5) is 22.8. The van der Waals surface area contributed by atoms with Gasteiger partial charge in [0.25, 0.3) is 5.91 Å². The molecule has 2 aromatic carbocycles. The van der Waals surface area contributed by atoms with Gasteiger partial charge in [0.05, 0.1) is 33.6 Å². The second-order valence-electron chi connectivity index (χ2n) is 6.97. The Bertz CT molecular complexity index is 1240. The molecule has 33 heavy (non-hydrogen) atoms. The molecule has 0 bridgehead atoms. The van der Waals surface area contributed by atoms with Gasteiger partial charge in [-0.25, -0.2) is 4.98 Å². The van der Waals surface area contributed by atoms with Crippen molar-refractivity contribution < 1.29 is 31.1 Å². The number of pyridine rings is 1. The van der Waals surface area contributed by atoms with Gasteiger partial charge in [-0.15, -0.1) is 0 Å². The Morgan fingerprint density at radius 1 is 0.879 bits per heavy atom. The van der Waals surface area contributed by atoms with Crippen molar-refractivity contribution >= 4 is 32.6 Å². The minimum Gasteiger partial charge on any atom is -0.278 e. The molecule has 11 heteroatoms. The third-order valence-electron chi connectivity index (χ3n) is 4.64. The molecule has 0 fully saturated rings. The zero-order valence-corrected chi connectivity index (χ0v) is 17.3. The molecule has 0 saturated carbocycles. The van der Waals surface area contributed by atoms with Crippen molar-refractivity contribution in [2.24, 2.45) is 0 Å². The molecule has 0 radical (unpaired) electrons. The average molecular weight is 481 g/mol. The number of amides is 1. The number of hydrogen-bond donors (Lipinski definition) is 0. The summed E-state index contributed by atoms with van der Waals surface area (Å²) in [6.45, 7) is -0.197. The van der Waals surface area contributed by atoms with Crippen LogP contribution >= 0.6 is 11.3 Å². The van der Waals surface area contributed by atoms with E-state index in [2.05, 4.69) is 9.97 Å². The lowest BCUT2D eigenvalue weighted by Gasteiger charge is -2.21. The fourth-order valence-electron chi connectivity index (χ4n) is 3.09. The summed E-state index contributed by atoms with van der Waals surface area (Å²) in [5.41, 5.74) is -2.97. The molecule has 2 aromatic heterocycles. The quantitative estimate of drug-likeness (QED) is 0.310. The second kappa shape index (κ2) is 8.47. The van der Waals surface area contributed by atoms with Gasteiger partial charge in [-0.05, 0) is 42.5 Å². The lowest BCUT2D eigenvalue weighted by atomic mass is 10.0.